The number of benzene rings is 1. The summed E-state index contributed by atoms with van der Waals surface area (Å²) in [5.41, 5.74) is -0.0270. The number of nitrogens with zero attached hydrogens (tertiary/aromatic N) is 3. The Kier molecular flexibility index (Phi) is 6.52. The molecule has 1 saturated heterocycles. The molecule has 12 heteroatoms. The standard InChI is InChI=1S/C24H26F3N3O5S/c1-15(2)29-19-11-16(20(31)13-23(3)7-9-36(33,34)10-8-23)14-28-21(19)30(22(29)32)17-5-4-6-18(12-17)35-24(25,26)27/h4-6,11-12,14-15H,7-10,13H2,1-3H3. The van der Waals surface area contributed by atoms with E-state index in [2.05, 4.69) is 9.72 Å². The number of halogens is 3. The Hall–Kier alpha value is -3.15. The second-order valence-corrected chi connectivity index (χ2v) is 12.1. The lowest BCUT2D eigenvalue weighted by Gasteiger charge is -2.32. The van der Waals surface area contributed by atoms with Gasteiger partial charge in [0.25, 0.3) is 0 Å². The van der Waals surface area contributed by atoms with Crippen LogP contribution >= 0.6 is 0 Å². The smallest absolute Gasteiger partial charge is 0.406 e. The first-order chi connectivity index (χ1) is 16.7. The van der Waals surface area contributed by atoms with Crippen molar-refractivity contribution in [1.82, 2.24) is 14.1 Å². The highest BCUT2D eigenvalue weighted by molar-refractivity contribution is 7.91. The van der Waals surface area contributed by atoms with E-state index in [-0.39, 0.29) is 46.6 Å². The van der Waals surface area contributed by atoms with Gasteiger partial charge in [-0.3, -0.25) is 9.36 Å². The molecule has 1 aromatic carbocycles. The minimum absolute atomic E-state index is 0.0426. The van der Waals surface area contributed by atoms with Crippen molar-refractivity contribution in [3.8, 4) is 11.4 Å². The summed E-state index contributed by atoms with van der Waals surface area (Å²) in [4.78, 5) is 30.8. The summed E-state index contributed by atoms with van der Waals surface area (Å²) in [6.45, 7) is 5.43. The Morgan fingerprint density at radius 3 is 2.47 bits per heavy atom. The molecule has 0 saturated carbocycles. The lowest BCUT2D eigenvalue weighted by atomic mass is 9.78. The number of pyridine rings is 1. The maximum atomic E-state index is 13.3. The molecule has 3 aromatic rings. The number of sulfone groups is 1. The van der Waals surface area contributed by atoms with Crippen molar-refractivity contribution in [2.24, 2.45) is 5.41 Å². The average molecular weight is 526 g/mol. The van der Waals surface area contributed by atoms with Crippen LogP contribution < -0.4 is 10.4 Å². The highest BCUT2D eigenvalue weighted by atomic mass is 32.2. The van der Waals surface area contributed by atoms with Crippen LogP contribution in [0.5, 0.6) is 5.75 Å². The van der Waals surface area contributed by atoms with Gasteiger partial charge in [-0.25, -0.2) is 22.8 Å². The van der Waals surface area contributed by atoms with Crippen molar-refractivity contribution in [2.75, 3.05) is 11.5 Å². The Balaban J connectivity index is 1.74. The van der Waals surface area contributed by atoms with Gasteiger partial charge in [0.1, 0.15) is 15.6 Å². The van der Waals surface area contributed by atoms with E-state index in [1.54, 1.807) is 19.9 Å². The van der Waals surface area contributed by atoms with Gasteiger partial charge in [0, 0.05) is 30.3 Å². The highest BCUT2D eigenvalue weighted by Crippen LogP contribution is 2.36. The monoisotopic (exact) mass is 525 g/mol. The third-order valence-corrected chi connectivity index (χ3v) is 8.14. The average Bonchev–Trinajstić information content (AvgIpc) is 3.06. The molecule has 1 fully saturated rings. The zero-order valence-corrected chi connectivity index (χ0v) is 20.8. The predicted octanol–water partition coefficient (Wildman–Crippen LogP) is 4.45. The third kappa shape index (κ3) is 5.32. The molecule has 0 aliphatic carbocycles. The Labute approximate surface area is 205 Å². The topological polar surface area (TPSA) is 100 Å². The molecule has 0 spiro atoms. The molecule has 194 valence electrons. The second-order valence-electron chi connectivity index (χ2n) is 9.76. The molecule has 8 nitrogen and oxygen atoms in total. The molecule has 2 aromatic heterocycles. The van der Waals surface area contributed by atoms with Gasteiger partial charge >= 0.3 is 12.1 Å². The number of fused-ring (bicyclic) bond motifs is 1. The molecule has 0 radical (unpaired) electrons. The zero-order valence-electron chi connectivity index (χ0n) is 20.0. The maximum Gasteiger partial charge on any atom is 0.573 e. The summed E-state index contributed by atoms with van der Waals surface area (Å²) in [6.07, 6.45) is -2.63. The van der Waals surface area contributed by atoms with E-state index in [1.807, 2.05) is 6.92 Å². The van der Waals surface area contributed by atoms with Gasteiger partial charge in [0.2, 0.25) is 0 Å². The first-order valence-corrected chi connectivity index (χ1v) is 13.2. The quantitative estimate of drug-likeness (QED) is 0.441. The first kappa shape index (κ1) is 25.9. The number of carbonyl (C=O) groups excluding carboxylic acids is 1. The molecule has 1 aliphatic rings. The van der Waals surface area contributed by atoms with Crippen molar-refractivity contribution in [1.29, 1.82) is 0 Å². The number of imidazole rings is 1. The van der Waals surface area contributed by atoms with Crippen LogP contribution in [0.25, 0.3) is 16.9 Å². The van der Waals surface area contributed by atoms with E-state index in [0.717, 1.165) is 12.1 Å². The van der Waals surface area contributed by atoms with E-state index >= 15 is 0 Å². The van der Waals surface area contributed by atoms with E-state index < -0.39 is 33.1 Å². The minimum atomic E-state index is -4.89. The van der Waals surface area contributed by atoms with Crippen molar-refractivity contribution in [3.63, 3.8) is 0 Å². The normalized spacial score (nSPS) is 17.4. The van der Waals surface area contributed by atoms with E-state index in [0.29, 0.717) is 18.4 Å². The Morgan fingerprint density at radius 1 is 1.19 bits per heavy atom. The van der Waals surface area contributed by atoms with Crippen LogP contribution in [0.4, 0.5) is 13.2 Å². The van der Waals surface area contributed by atoms with E-state index in [4.69, 9.17) is 0 Å². The minimum Gasteiger partial charge on any atom is -0.406 e. The van der Waals surface area contributed by atoms with Crippen molar-refractivity contribution in [3.05, 3.63) is 52.6 Å². The largest absolute Gasteiger partial charge is 0.573 e. The molecule has 4 rings (SSSR count). The lowest BCUT2D eigenvalue weighted by Crippen LogP contribution is -2.33. The van der Waals surface area contributed by atoms with Gasteiger partial charge in [-0.05, 0) is 50.3 Å². The number of carbonyl (C=O) groups is 1. The van der Waals surface area contributed by atoms with Crippen LogP contribution in [0.3, 0.4) is 0 Å². The number of aromatic nitrogens is 3. The Morgan fingerprint density at radius 2 is 1.86 bits per heavy atom. The number of ether oxygens (including phenoxy) is 1. The Bertz CT molecular complexity index is 1470. The summed E-state index contributed by atoms with van der Waals surface area (Å²) >= 11 is 0. The summed E-state index contributed by atoms with van der Waals surface area (Å²) in [6, 6.07) is 6.26. The zero-order chi connectivity index (χ0) is 26.5. The van der Waals surface area contributed by atoms with Crippen LogP contribution in [-0.2, 0) is 9.84 Å². The molecule has 0 N–H and O–H groups in total. The SMILES string of the molecule is CC(C)n1c(=O)n(-c2cccc(OC(F)(F)F)c2)c2ncc(C(=O)CC3(C)CCS(=O)(=O)CC3)cc21. The molecule has 36 heavy (non-hydrogen) atoms. The van der Waals surface area contributed by atoms with Crippen LogP contribution in [-0.4, -0.2) is 46.2 Å². The number of hydrogen-bond acceptors (Lipinski definition) is 6. The summed E-state index contributed by atoms with van der Waals surface area (Å²) in [5, 5.41) is 0. The summed E-state index contributed by atoms with van der Waals surface area (Å²) < 4.78 is 68.3. The van der Waals surface area contributed by atoms with Gasteiger partial charge in [0.05, 0.1) is 22.7 Å². The molecule has 0 atom stereocenters. The molecular weight excluding hydrogens is 499 g/mol. The highest BCUT2D eigenvalue weighted by Gasteiger charge is 2.35. The van der Waals surface area contributed by atoms with Crippen LogP contribution in [0.1, 0.15) is 56.4 Å². The third-order valence-electron chi connectivity index (χ3n) is 6.48. The number of rotatable bonds is 6. The van der Waals surface area contributed by atoms with Gasteiger partial charge in [-0.2, -0.15) is 0 Å². The number of ketones is 1. The molecular formula is C24H26F3N3O5S. The van der Waals surface area contributed by atoms with Gasteiger partial charge in [-0.15, -0.1) is 13.2 Å². The van der Waals surface area contributed by atoms with E-state index in [9.17, 15) is 31.2 Å². The lowest BCUT2D eigenvalue weighted by molar-refractivity contribution is -0.274. The summed E-state index contributed by atoms with van der Waals surface area (Å²) in [5.74, 6) is -0.615. The van der Waals surface area contributed by atoms with Crippen LogP contribution in [0.15, 0.2) is 41.3 Å². The summed E-state index contributed by atoms with van der Waals surface area (Å²) in [7, 11) is -3.08. The number of Topliss-reactive ketones (excluding diaryl/α,β-unsaturated/α-hetero) is 1. The van der Waals surface area contributed by atoms with Crippen LogP contribution in [0.2, 0.25) is 0 Å². The van der Waals surface area contributed by atoms with Crippen molar-refractivity contribution < 1.29 is 31.1 Å². The fraction of sp³-hybridized carbons (Fsp3) is 0.458. The fourth-order valence-electron chi connectivity index (χ4n) is 4.50. The van der Waals surface area contributed by atoms with Crippen LogP contribution in [0, 0.1) is 5.41 Å². The number of alkyl halides is 3. The molecule has 0 bridgehead atoms. The van der Waals surface area contributed by atoms with Crippen molar-refractivity contribution >= 4 is 26.8 Å². The van der Waals surface area contributed by atoms with E-state index in [1.165, 1.54) is 27.5 Å². The van der Waals surface area contributed by atoms with Gasteiger partial charge < -0.3 is 4.74 Å². The maximum absolute atomic E-state index is 13.3. The van der Waals surface area contributed by atoms with Gasteiger partial charge in [0.15, 0.2) is 11.4 Å². The molecule has 3 heterocycles. The molecule has 1 aliphatic heterocycles. The molecule has 0 unspecified atom stereocenters. The second kappa shape index (κ2) is 9.06. The predicted molar refractivity (Wildman–Crippen MR) is 127 cm³/mol. The van der Waals surface area contributed by atoms with Crippen molar-refractivity contribution in [2.45, 2.75) is 52.4 Å². The first-order valence-electron chi connectivity index (χ1n) is 11.4. The molecule has 0 amide bonds. The fourth-order valence-corrected chi connectivity index (χ4v) is 6.31. The number of hydrogen-bond donors (Lipinski definition) is 0. The van der Waals surface area contributed by atoms with Gasteiger partial charge in [-0.1, -0.05) is 13.0 Å².